The Morgan fingerprint density at radius 3 is 2.30 bits per heavy atom. The van der Waals surface area contributed by atoms with E-state index in [1.165, 1.54) is 25.0 Å². The number of nitrogens with one attached hydrogen (secondary N) is 2. The van der Waals surface area contributed by atoms with Crippen molar-refractivity contribution in [3.63, 3.8) is 0 Å². The molecule has 7 heterocycles. The van der Waals surface area contributed by atoms with Crippen molar-refractivity contribution in [3.05, 3.63) is 77.2 Å². The van der Waals surface area contributed by atoms with Crippen molar-refractivity contribution in [1.82, 2.24) is 35.4 Å². The summed E-state index contributed by atoms with van der Waals surface area (Å²) in [5, 5.41) is 18.9. The summed E-state index contributed by atoms with van der Waals surface area (Å²) in [5.74, 6) is -3.40. The molecule has 2 aromatic heterocycles. The number of piperidine rings is 2. The molecule has 13 nitrogen and oxygen atoms in total. The molecule has 3 atom stereocenters. The third kappa shape index (κ3) is 8.33. The minimum absolute atomic E-state index is 0.00492. The Morgan fingerprint density at radius 1 is 0.870 bits per heavy atom. The number of rotatable bonds is 11. The van der Waals surface area contributed by atoms with Gasteiger partial charge in [0.05, 0.1) is 17.9 Å². The zero-order valence-electron chi connectivity index (χ0n) is 39.2. The molecule has 5 aromatic rings. The first-order valence-electron chi connectivity index (χ1n) is 25.2. The number of amides is 2. The number of hydrogen-bond donors (Lipinski definition) is 3. The number of aromatic nitrogens is 3. The standard InChI is InChI=1S/C53H60F3N9O4/c1-2-31-4-3-5-32-20-37(66)23-39(44(31)32)47-46(56)48-40(26-57-47)49(65-27-33-6-7-34(28-65)58-33)61-51(60-48)69-30-53(10-11-53)29-62-14-12-52(13-15-62)24-36(25-52)64-18-16-63(17-19-64)35-21-41(54)45(42(55)22-35)38-8-9-43(67)59-50(38)68/h3-5,20-23,26,33-34,36,38,58,66H,2,6-19,24-25,27-30H2,1H3,(H,59,67,68). The molecule has 5 saturated heterocycles. The normalized spacial score (nSPS) is 24.8. The van der Waals surface area contributed by atoms with Gasteiger partial charge in [-0.3, -0.25) is 24.8 Å². The average Bonchev–Trinajstić information content (AvgIpc) is 4.02. The van der Waals surface area contributed by atoms with Crippen LogP contribution in [0.25, 0.3) is 32.9 Å². The van der Waals surface area contributed by atoms with Crippen LogP contribution in [0.1, 0.15) is 88.2 Å². The number of fused-ring (bicyclic) bond motifs is 4. The number of phenolic OH excluding ortho intramolecular Hbond substituents is 1. The van der Waals surface area contributed by atoms with E-state index in [1.54, 1.807) is 18.3 Å². The van der Waals surface area contributed by atoms with E-state index in [2.05, 4.69) is 32.3 Å². The Bertz CT molecular complexity index is 2820. The number of carbonyl (C=O) groups excluding carboxylic acids is 2. The molecule has 7 fully saturated rings. The lowest BCUT2D eigenvalue weighted by molar-refractivity contribution is -0.134. The fourth-order valence-electron chi connectivity index (χ4n) is 12.9. The van der Waals surface area contributed by atoms with Crippen molar-refractivity contribution in [2.24, 2.45) is 10.8 Å². The molecule has 3 unspecified atom stereocenters. The van der Waals surface area contributed by atoms with Gasteiger partial charge in [-0.25, -0.2) is 13.2 Å². The van der Waals surface area contributed by atoms with Gasteiger partial charge in [0.1, 0.15) is 34.4 Å². The minimum Gasteiger partial charge on any atom is -0.508 e. The quantitative estimate of drug-likeness (QED) is 0.115. The molecule has 7 aliphatic rings. The third-order valence-electron chi connectivity index (χ3n) is 17.0. The molecule has 3 N–H and O–H groups in total. The molecular weight excluding hydrogens is 884 g/mol. The number of hydrogen-bond acceptors (Lipinski definition) is 12. The van der Waals surface area contributed by atoms with E-state index in [-0.39, 0.29) is 46.8 Å². The lowest BCUT2D eigenvalue weighted by Gasteiger charge is -2.56. The van der Waals surface area contributed by atoms with Crippen molar-refractivity contribution >= 4 is 45.0 Å². The van der Waals surface area contributed by atoms with Crippen LogP contribution in [0.2, 0.25) is 0 Å². The van der Waals surface area contributed by atoms with Crippen LogP contribution < -0.4 is 25.2 Å². The van der Waals surface area contributed by atoms with Crippen molar-refractivity contribution in [3.8, 4) is 23.0 Å². The molecule has 2 amide bonds. The maximum atomic E-state index is 17.2. The number of aromatic hydroxyl groups is 1. The molecule has 69 heavy (non-hydrogen) atoms. The first-order chi connectivity index (χ1) is 33.4. The first kappa shape index (κ1) is 44.6. The predicted molar refractivity (Wildman–Crippen MR) is 257 cm³/mol. The highest BCUT2D eigenvalue weighted by Crippen LogP contribution is 2.53. The van der Waals surface area contributed by atoms with E-state index < -0.39 is 35.2 Å². The van der Waals surface area contributed by atoms with Crippen molar-refractivity contribution in [2.45, 2.75) is 102 Å². The molecule has 12 rings (SSSR count). The highest BCUT2D eigenvalue weighted by molar-refractivity contribution is 6.02. The third-order valence-corrected chi connectivity index (χ3v) is 17.0. The van der Waals surface area contributed by atoms with Gasteiger partial charge in [-0.1, -0.05) is 25.1 Å². The van der Waals surface area contributed by atoms with Gasteiger partial charge in [0.2, 0.25) is 11.8 Å². The lowest BCUT2D eigenvalue weighted by atomic mass is 9.60. The van der Waals surface area contributed by atoms with Crippen LogP contribution in [-0.4, -0.2) is 125 Å². The summed E-state index contributed by atoms with van der Waals surface area (Å²) >= 11 is 0. The number of ether oxygens (including phenoxy) is 1. The highest BCUT2D eigenvalue weighted by Gasteiger charge is 2.51. The Balaban J connectivity index is 0.685. The summed E-state index contributed by atoms with van der Waals surface area (Å²) < 4.78 is 54.4. The van der Waals surface area contributed by atoms with Crippen LogP contribution in [0.4, 0.5) is 24.7 Å². The van der Waals surface area contributed by atoms with E-state index in [4.69, 9.17) is 19.7 Å². The van der Waals surface area contributed by atoms with Crippen molar-refractivity contribution < 1.29 is 32.6 Å². The number of carbonyl (C=O) groups is 2. The van der Waals surface area contributed by atoms with Gasteiger partial charge in [0.15, 0.2) is 5.82 Å². The Kier molecular flexibility index (Phi) is 11.2. The van der Waals surface area contributed by atoms with Crippen LogP contribution in [0.5, 0.6) is 11.8 Å². The Hall–Kier alpha value is -5.58. The number of likely N-dealkylation sites (tertiary alicyclic amines) is 1. The maximum Gasteiger partial charge on any atom is 0.319 e. The number of piperazine rings is 2. The van der Waals surface area contributed by atoms with Crippen molar-refractivity contribution in [2.75, 3.05) is 75.3 Å². The zero-order chi connectivity index (χ0) is 47.2. The number of aryl methyl sites for hydroxylation is 1. The van der Waals surface area contributed by atoms with Crippen LogP contribution in [0.3, 0.4) is 0 Å². The van der Waals surface area contributed by atoms with E-state index in [1.807, 2.05) is 23.1 Å². The number of nitrogens with zero attached hydrogens (tertiary/aromatic N) is 7. The van der Waals surface area contributed by atoms with Gasteiger partial charge in [-0.2, -0.15) is 9.97 Å². The summed E-state index contributed by atoms with van der Waals surface area (Å²) in [4.78, 5) is 47.9. The molecule has 2 aliphatic carbocycles. The SMILES string of the molecule is CCc1cccc2cc(O)cc(-c3ncc4c(N5CC6CCC(C5)N6)nc(OCC5(CN6CCC7(CC6)CC(N6CCN(c8cc(F)c(C9CCC(=O)NC9=O)c(F)c8)CC6)C7)CC5)nc4c3F)c12. The smallest absolute Gasteiger partial charge is 0.319 e. The summed E-state index contributed by atoms with van der Waals surface area (Å²) in [6.07, 6.45) is 11.6. The Morgan fingerprint density at radius 2 is 1.61 bits per heavy atom. The zero-order valence-corrected chi connectivity index (χ0v) is 39.2. The van der Waals surface area contributed by atoms with Gasteiger partial charge in [-0.05, 0) is 123 Å². The van der Waals surface area contributed by atoms with Gasteiger partial charge in [-0.15, -0.1) is 0 Å². The summed E-state index contributed by atoms with van der Waals surface area (Å²) in [6, 6.07) is 13.3. The number of imide groups is 1. The highest BCUT2D eigenvalue weighted by atomic mass is 19.1. The largest absolute Gasteiger partial charge is 0.508 e. The number of halogens is 3. The monoisotopic (exact) mass is 943 g/mol. The molecule has 2 bridgehead atoms. The summed E-state index contributed by atoms with van der Waals surface area (Å²) in [5.41, 5.74) is 2.47. The second-order valence-electron chi connectivity index (χ2n) is 21.4. The van der Waals surface area contributed by atoms with Crippen LogP contribution in [0.15, 0.2) is 48.7 Å². The van der Waals surface area contributed by atoms with Crippen LogP contribution in [-0.2, 0) is 16.0 Å². The molecule has 3 aromatic carbocycles. The fourth-order valence-corrected chi connectivity index (χ4v) is 12.9. The van der Waals surface area contributed by atoms with Gasteiger partial charge >= 0.3 is 6.01 Å². The number of benzene rings is 3. The summed E-state index contributed by atoms with van der Waals surface area (Å²) in [6.45, 7) is 10.1. The van der Waals surface area contributed by atoms with E-state index >= 15 is 13.2 Å². The second-order valence-corrected chi connectivity index (χ2v) is 21.4. The fraction of sp³-hybridized carbons (Fsp3) is 0.528. The Labute approximate surface area is 399 Å². The van der Waals surface area contributed by atoms with Crippen molar-refractivity contribution in [1.29, 1.82) is 0 Å². The molecule has 16 heteroatoms. The second kappa shape index (κ2) is 17.4. The topological polar surface area (TPSA) is 139 Å². The number of phenols is 1. The molecular formula is C53H60F3N9O4. The first-order valence-corrected chi connectivity index (χ1v) is 25.2. The molecule has 362 valence electrons. The molecule has 5 aliphatic heterocycles. The van der Waals surface area contributed by atoms with Crippen LogP contribution >= 0.6 is 0 Å². The van der Waals surface area contributed by atoms with Gasteiger partial charge in [0, 0.05) is 98.8 Å². The van der Waals surface area contributed by atoms with E-state index in [0.29, 0.717) is 65.7 Å². The predicted octanol–water partition coefficient (Wildman–Crippen LogP) is 7.22. The maximum absolute atomic E-state index is 17.2. The molecule has 2 saturated carbocycles. The number of pyridine rings is 1. The lowest BCUT2D eigenvalue weighted by Crippen LogP contribution is -2.59. The van der Waals surface area contributed by atoms with E-state index in [0.717, 1.165) is 107 Å². The molecule has 1 spiro atoms. The van der Waals surface area contributed by atoms with Gasteiger partial charge in [0.25, 0.3) is 0 Å². The van der Waals surface area contributed by atoms with E-state index in [9.17, 15) is 14.7 Å². The molecule has 0 radical (unpaired) electrons. The summed E-state index contributed by atoms with van der Waals surface area (Å²) in [7, 11) is 0. The number of anilines is 2. The average molecular weight is 944 g/mol. The van der Waals surface area contributed by atoms with Crippen LogP contribution in [0, 0.1) is 28.3 Å². The minimum atomic E-state index is -1.00. The van der Waals surface area contributed by atoms with Gasteiger partial charge < -0.3 is 29.9 Å².